The normalized spacial score (nSPS) is 18.2. The van der Waals surface area contributed by atoms with Crippen molar-refractivity contribution in [3.8, 4) is 5.75 Å². The summed E-state index contributed by atoms with van der Waals surface area (Å²) < 4.78 is 7.88. The minimum absolute atomic E-state index is 0. The molecule has 1 aromatic carbocycles. The molecule has 2 heterocycles. The van der Waals surface area contributed by atoms with E-state index in [0.717, 1.165) is 32.0 Å². The number of hydrogen-bond acceptors (Lipinski definition) is 4. The maximum atomic E-state index is 6.13. The summed E-state index contributed by atoms with van der Waals surface area (Å²) in [5.74, 6) is 1.70. The average molecular weight is 392 g/mol. The number of nitrogens with zero attached hydrogens (tertiary/aromatic N) is 3. The zero-order chi connectivity index (χ0) is 16.2. The number of rotatable bonds is 5. The van der Waals surface area contributed by atoms with Gasteiger partial charge < -0.3 is 14.6 Å². The molecule has 132 valence electrons. The van der Waals surface area contributed by atoms with Crippen molar-refractivity contribution in [1.29, 1.82) is 0 Å². The average Bonchev–Trinajstić information content (AvgIpc) is 2.97. The fourth-order valence-electron chi connectivity index (χ4n) is 2.83. The standard InChI is InChI=1S/C16H20Cl2N4O.ClH/c1-21-6-5-20-16(21)14-11-19-4-7-22(14)8-9-23-15-10-12(17)2-3-13(15)18;/h2-3,5-6,10,14,19H,4,7-9,11H2,1H3;1H. The van der Waals surface area contributed by atoms with Crippen LogP contribution in [-0.4, -0.2) is 47.2 Å². The van der Waals surface area contributed by atoms with Crippen LogP contribution in [0.15, 0.2) is 30.6 Å². The Bertz CT molecular complexity index is 665. The van der Waals surface area contributed by atoms with Crippen molar-refractivity contribution >= 4 is 35.6 Å². The van der Waals surface area contributed by atoms with Gasteiger partial charge in [-0.1, -0.05) is 23.2 Å². The highest BCUT2D eigenvalue weighted by atomic mass is 35.5. The number of piperazine rings is 1. The van der Waals surface area contributed by atoms with Gasteiger partial charge in [0.15, 0.2) is 0 Å². The summed E-state index contributed by atoms with van der Waals surface area (Å²) in [5.41, 5.74) is 0. The van der Waals surface area contributed by atoms with Crippen LogP contribution in [-0.2, 0) is 7.05 Å². The van der Waals surface area contributed by atoms with Crippen LogP contribution in [0.2, 0.25) is 10.0 Å². The molecule has 0 saturated carbocycles. The molecule has 1 atom stereocenters. The van der Waals surface area contributed by atoms with Crippen molar-refractivity contribution in [2.75, 3.05) is 32.8 Å². The van der Waals surface area contributed by atoms with Gasteiger partial charge in [-0.15, -0.1) is 12.4 Å². The van der Waals surface area contributed by atoms with E-state index in [0.29, 0.717) is 22.4 Å². The van der Waals surface area contributed by atoms with Crippen LogP contribution in [0.1, 0.15) is 11.9 Å². The lowest BCUT2D eigenvalue weighted by molar-refractivity contribution is 0.127. The van der Waals surface area contributed by atoms with Crippen LogP contribution in [0.4, 0.5) is 0 Å². The molecule has 1 saturated heterocycles. The third-order valence-corrected chi connectivity index (χ3v) is 4.59. The monoisotopic (exact) mass is 390 g/mol. The zero-order valence-corrected chi connectivity index (χ0v) is 15.7. The molecule has 5 nitrogen and oxygen atoms in total. The van der Waals surface area contributed by atoms with E-state index in [1.165, 1.54) is 0 Å². The molecule has 8 heteroatoms. The molecule has 1 aromatic heterocycles. The largest absolute Gasteiger partial charge is 0.491 e. The molecular weight excluding hydrogens is 371 g/mol. The molecule has 3 rings (SSSR count). The predicted octanol–water partition coefficient (Wildman–Crippen LogP) is 3.17. The Morgan fingerprint density at radius 1 is 1.38 bits per heavy atom. The van der Waals surface area contributed by atoms with Crippen molar-refractivity contribution in [2.24, 2.45) is 7.05 Å². The number of aromatic nitrogens is 2. The number of hydrogen-bond donors (Lipinski definition) is 1. The molecule has 1 fully saturated rings. The van der Waals surface area contributed by atoms with Crippen molar-refractivity contribution in [3.05, 3.63) is 46.5 Å². The maximum absolute atomic E-state index is 6.13. The van der Waals surface area contributed by atoms with Gasteiger partial charge in [-0.3, -0.25) is 4.90 Å². The summed E-state index contributed by atoms with van der Waals surface area (Å²) in [7, 11) is 2.03. The predicted molar refractivity (Wildman–Crippen MR) is 99.6 cm³/mol. The number of benzene rings is 1. The van der Waals surface area contributed by atoms with E-state index in [-0.39, 0.29) is 18.4 Å². The lowest BCUT2D eigenvalue weighted by Crippen LogP contribution is -2.48. The number of nitrogens with one attached hydrogen (secondary N) is 1. The van der Waals surface area contributed by atoms with Gasteiger partial charge in [-0.05, 0) is 12.1 Å². The molecule has 0 radical (unpaired) electrons. The molecule has 24 heavy (non-hydrogen) atoms. The Kier molecular flexibility index (Phi) is 7.19. The lowest BCUT2D eigenvalue weighted by Gasteiger charge is -2.35. The van der Waals surface area contributed by atoms with E-state index < -0.39 is 0 Å². The second kappa shape index (κ2) is 8.92. The minimum atomic E-state index is 0. The van der Waals surface area contributed by atoms with E-state index in [4.69, 9.17) is 27.9 Å². The number of halogens is 3. The minimum Gasteiger partial charge on any atom is -0.491 e. The van der Waals surface area contributed by atoms with E-state index in [1.807, 2.05) is 19.4 Å². The van der Waals surface area contributed by atoms with E-state index in [9.17, 15) is 0 Å². The molecule has 0 spiro atoms. The second-order valence-corrected chi connectivity index (χ2v) is 6.42. The van der Waals surface area contributed by atoms with Gasteiger partial charge >= 0.3 is 0 Å². The van der Waals surface area contributed by atoms with E-state index in [2.05, 4.69) is 19.8 Å². The molecule has 0 amide bonds. The summed E-state index contributed by atoms with van der Waals surface area (Å²) in [5, 5.41) is 4.63. The van der Waals surface area contributed by atoms with Crippen molar-refractivity contribution in [1.82, 2.24) is 19.8 Å². The Morgan fingerprint density at radius 3 is 2.96 bits per heavy atom. The van der Waals surface area contributed by atoms with Crippen LogP contribution in [0.25, 0.3) is 0 Å². The van der Waals surface area contributed by atoms with Gasteiger partial charge in [0.25, 0.3) is 0 Å². The summed E-state index contributed by atoms with van der Waals surface area (Å²) >= 11 is 12.1. The van der Waals surface area contributed by atoms with Gasteiger partial charge in [0.05, 0.1) is 11.1 Å². The third-order valence-electron chi connectivity index (χ3n) is 4.04. The molecule has 0 aliphatic carbocycles. The Balaban J connectivity index is 0.00000208. The molecule has 1 unspecified atom stereocenters. The van der Waals surface area contributed by atoms with Crippen LogP contribution >= 0.6 is 35.6 Å². The molecule has 1 aliphatic heterocycles. The van der Waals surface area contributed by atoms with Crippen molar-refractivity contribution in [3.63, 3.8) is 0 Å². The molecular formula is C16H21Cl3N4O. The summed E-state index contributed by atoms with van der Waals surface area (Å²) in [6.07, 6.45) is 3.81. The SMILES string of the molecule is Cl.Cn1ccnc1C1CNCCN1CCOc1cc(Cl)ccc1Cl. The molecule has 1 N–H and O–H groups in total. The van der Waals surface area contributed by atoms with Crippen molar-refractivity contribution in [2.45, 2.75) is 6.04 Å². The van der Waals surface area contributed by atoms with Crippen molar-refractivity contribution < 1.29 is 4.74 Å². The fraction of sp³-hybridized carbons (Fsp3) is 0.438. The van der Waals surface area contributed by atoms with E-state index >= 15 is 0 Å². The van der Waals surface area contributed by atoms with Crippen LogP contribution < -0.4 is 10.1 Å². The van der Waals surface area contributed by atoms with Gasteiger partial charge in [0.2, 0.25) is 0 Å². The van der Waals surface area contributed by atoms with Gasteiger partial charge in [-0.2, -0.15) is 0 Å². The number of imidazole rings is 1. The quantitative estimate of drug-likeness (QED) is 0.850. The Morgan fingerprint density at radius 2 is 2.21 bits per heavy atom. The zero-order valence-electron chi connectivity index (χ0n) is 13.4. The smallest absolute Gasteiger partial charge is 0.139 e. The number of ether oxygens (including phenoxy) is 1. The second-order valence-electron chi connectivity index (χ2n) is 5.58. The Hall–Kier alpha value is -0.980. The van der Waals surface area contributed by atoms with Gasteiger partial charge in [0.1, 0.15) is 18.2 Å². The van der Waals surface area contributed by atoms with Crippen LogP contribution in [0.5, 0.6) is 5.75 Å². The first-order valence-electron chi connectivity index (χ1n) is 7.65. The summed E-state index contributed by atoms with van der Waals surface area (Å²) in [6, 6.07) is 5.50. The highest BCUT2D eigenvalue weighted by molar-refractivity contribution is 6.34. The highest BCUT2D eigenvalue weighted by Crippen LogP contribution is 2.28. The van der Waals surface area contributed by atoms with Crippen LogP contribution in [0, 0.1) is 0 Å². The third kappa shape index (κ3) is 4.55. The van der Waals surface area contributed by atoms with E-state index in [1.54, 1.807) is 18.2 Å². The van der Waals surface area contributed by atoms with Gasteiger partial charge in [0, 0.05) is 56.7 Å². The summed E-state index contributed by atoms with van der Waals surface area (Å²) in [6.45, 7) is 4.19. The lowest BCUT2D eigenvalue weighted by atomic mass is 10.2. The number of aryl methyl sites for hydroxylation is 1. The van der Waals surface area contributed by atoms with Crippen LogP contribution in [0.3, 0.4) is 0 Å². The highest BCUT2D eigenvalue weighted by Gasteiger charge is 2.26. The molecule has 2 aromatic rings. The first-order valence-corrected chi connectivity index (χ1v) is 8.40. The molecule has 0 bridgehead atoms. The molecule has 1 aliphatic rings. The topological polar surface area (TPSA) is 42.3 Å². The maximum Gasteiger partial charge on any atom is 0.139 e. The van der Waals surface area contributed by atoms with Gasteiger partial charge in [-0.25, -0.2) is 4.98 Å². The first-order chi connectivity index (χ1) is 11.1. The fourth-order valence-corrected chi connectivity index (χ4v) is 3.16. The summed E-state index contributed by atoms with van der Waals surface area (Å²) in [4.78, 5) is 6.87. The first kappa shape index (κ1) is 19.3. The Labute approximate surface area is 158 Å².